The van der Waals surface area contributed by atoms with E-state index in [9.17, 15) is 0 Å². The molecule has 4 aliphatic heterocycles. The van der Waals surface area contributed by atoms with Crippen LogP contribution in [0.1, 0.15) is 140 Å². The third-order valence-corrected chi connectivity index (χ3v) is 17.6. The predicted molar refractivity (Wildman–Crippen MR) is 391 cm³/mol. The Balaban J connectivity index is 0.000000185. The lowest BCUT2D eigenvalue weighted by molar-refractivity contribution is 0.279. The number of hydrogen-bond acceptors (Lipinski definition) is 11. The molecule has 0 fully saturated rings. The van der Waals surface area contributed by atoms with Gasteiger partial charge in [0.25, 0.3) is 0 Å². The summed E-state index contributed by atoms with van der Waals surface area (Å²) in [4.78, 5) is 10.2. The maximum absolute atomic E-state index is 6.39. The van der Waals surface area contributed by atoms with Gasteiger partial charge in [0, 0.05) is 38.7 Å². The molecule has 97 heavy (non-hydrogen) atoms. The van der Waals surface area contributed by atoms with Gasteiger partial charge in [-0.2, -0.15) is 0 Å². The molecule has 11 heteroatoms. The Labute approximate surface area is 571 Å². The Bertz CT molecular complexity index is 4150. The highest BCUT2D eigenvalue weighted by atomic mass is 16.5. The van der Waals surface area contributed by atoms with Crippen LogP contribution in [-0.4, -0.2) is 62.8 Å². The highest BCUT2D eigenvalue weighted by molar-refractivity contribution is 6.08. The summed E-state index contributed by atoms with van der Waals surface area (Å²) < 4.78 is 55.2. The molecule has 0 atom stereocenters. The molecule has 15 rings (SSSR count). The maximum Gasteiger partial charge on any atom is 0.177 e. The van der Waals surface area contributed by atoms with Crippen molar-refractivity contribution in [3.8, 4) is 92.2 Å². The molecular weight excluding hydrogens is 1200 g/mol. The van der Waals surface area contributed by atoms with Gasteiger partial charge in [-0.1, -0.05) is 130 Å². The lowest BCUT2D eigenvalue weighted by atomic mass is 10.1. The molecule has 0 N–H and O–H groups in total. The fraction of sp³-hybridized carbons (Fsp3) is 0.326. The molecule has 0 radical (unpaired) electrons. The Morgan fingerprint density at radius 1 is 0.258 bits per heavy atom. The topological polar surface area (TPSA) is 113 Å². The number of para-hydroxylation sites is 4. The van der Waals surface area contributed by atoms with Crippen LogP contribution < -0.4 is 37.9 Å². The van der Waals surface area contributed by atoms with Gasteiger partial charge in [-0.3, -0.25) is 0 Å². The summed E-state index contributed by atoms with van der Waals surface area (Å²) in [5.74, 6) is 19.1. The Kier molecular flexibility index (Phi) is 24.9. The fourth-order valence-corrected chi connectivity index (χ4v) is 12.2. The van der Waals surface area contributed by atoms with Crippen LogP contribution in [0.3, 0.4) is 0 Å². The van der Waals surface area contributed by atoms with E-state index in [1.165, 1.54) is 25.7 Å². The zero-order chi connectivity index (χ0) is 65.7. The van der Waals surface area contributed by atoms with Gasteiger partial charge in [0.05, 0.1) is 86.4 Å². The van der Waals surface area contributed by atoms with Crippen LogP contribution in [0.2, 0.25) is 0 Å². The van der Waals surface area contributed by atoms with Crippen molar-refractivity contribution in [3.63, 3.8) is 0 Å². The van der Waals surface area contributed by atoms with Crippen LogP contribution in [0.5, 0.6) is 46.0 Å². The number of rotatable bonds is 0. The first-order valence-corrected chi connectivity index (χ1v) is 35.3. The molecule has 0 amide bonds. The monoisotopic (exact) mass is 1290 g/mol. The summed E-state index contributed by atoms with van der Waals surface area (Å²) in [6.07, 6.45) is 21.7. The van der Waals surface area contributed by atoms with Crippen LogP contribution in [0.4, 0.5) is 0 Å². The number of benzene rings is 8. The standard InChI is InChI=1S/C44H46O5.C42H42N2O4/c1-3-7-17-33-47-41-29-19-25-37-38-26-20-30-42(44(38)49-43(37)41)48-34-18-8-4-2-6-16-32-46-40-28-14-12-24-36(40)22-10-9-21-35-23-11-13-27-39(35)45-31-15-5-1;1-3-7-28-47-37-10-9-11-38(30-37)48-29-8-4-2-6-27-46-36-22-16-32(17-23-36)40-25-19-34-13-12-33-18-24-39(43-41(33)42(34)44-40)31-14-20-35(21-15-31)45-26-5-1/h11-14,19-20,23-30H,1-8,15-18,31-34H2;9-25,30H,1-8,26-29H2. The molecule has 0 saturated carbocycles. The van der Waals surface area contributed by atoms with Crippen LogP contribution >= 0.6 is 0 Å². The molecule has 12 bridgehead atoms. The Morgan fingerprint density at radius 2 is 0.577 bits per heavy atom. The minimum atomic E-state index is 0.671. The van der Waals surface area contributed by atoms with E-state index in [0.717, 1.165) is 226 Å². The van der Waals surface area contributed by atoms with Crippen molar-refractivity contribution in [1.82, 2.24) is 9.97 Å². The summed E-state index contributed by atoms with van der Waals surface area (Å²) in [7, 11) is 0. The number of ether oxygens (including phenoxy) is 8. The first kappa shape index (κ1) is 66.9. The zero-order valence-electron chi connectivity index (χ0n) is 55.8. The van der Waals surface area contributed by atoms with Gasteiger partial charge in [-0.25, -0.2) is 9.97 Å². The quantitative estimate of drug-likeness (QED) is 0.107. The van der Waals surface area contributed by atoms with E-state index < -0.39 is 0 Å². The van der Waals surface area contributed by atoms with E-state index in [2.05, 4.69) is 96.5 Å². The summed E-state index contributed by atoms with van der Waals surface area (Å²) in [5.41, 5.74) is 9.03. The number of pyridine rings is 2. The second-order valence-corrected chi connectivity index (χ2v) is 24.8. The van der Waals surface area contributed by atoms with Crippen LogP contribution in [0, 0.1) is 23.7 Å². The molecular formula is C86H88N2O9. The second kappa shape index (κ2) is 36.1. The first-order valence-electron chi connectivity index (χ1n) is 35.3. The van der Waals surface area contributed by atoms with Gasteiger partial charge in [-0.05, 0) is 210 Å². The van der Waals surface area contributed by atoms with Crippen molar-refractivity contribution in [3.05, 3.63) is 205 Å². The van der Waals surface area contributed by atoms with Crippen molar-refractivity contribution in [1.29, 1.82) is 0 Å². The van der Waals surface area contributed by atoms with Crippen molar-refractivity contribution in [2.45, 2.75) is 128 Å². The lowest BCUT2D eigenvalue weighted by Gasteiger charge is -2.10. The molecule has 7 heterocycles. The minimum Gasteiger partial charge on any atom is -0.494 e. The highest BCUT2D eigenvalue weighted by Crippen LogP contribution is 2.39. The molecule has 3 aromatic heterocycles. The number of fused-ring (bicyclic) bond motifs is 5. The number of nitrogens with zero attached hydrogens (tertiary/aromatic N) is 2. The number of aromatic nitrogens is 2. The van der Waals surface area contributed by atoms with Crippen LogP contribution in [-0.2, 0) is 0 Å². The minimum absolute atomic E-state index is 0.671. The van der Waals surface area contributed by atoms with Crippen molar-refractivity contribution in [2.24, 2.45) is 0 Å². The van der Waals surface area contributed by atoms with E-state index in [0.29, 0.717) is 52.9 Å². The summed E-state index contributed by atoms with van der Waals surface area (Å²) in [6.45, 7) is 5.49. The summed E-state index contributed by atoms with van der Waals surface area (Å²) in [6, 6.07) is 65.2. The molecule has 496 valence electrons. The molecule has 0 aliphatic carbocycles. The van der Waals surface area contributed by atoms with Crippen LogP contribution in [0.25, 0.3) is 66.3 Å². The summed E-state index contributed by atoms with van der Waals surface area (Å²) in [5, 5.41) is 4.26. The smallest absolute Gasteiger partial charge is 0.177 e. The van der Waals surface area contributed by atoms with Gasteiger partial charge in [0.15, 0.2) is 22.7 Å². The predicted octanol–water partition coefficient (Wildman–Crippen LogP) is 21.4. The molecule has 11 nitrogen and oxygen atoms in total. The molecule has 11 aromatic rings. The highest BCUT2D eigenvalue weighted by Gasteiger charge is 2.16. The largest absolute Gasteiger partial charge is 0.494 e. The molecule has 0 spiro atoms. The Hall–Kier alpha value is -10.1. The van der Waals surface area contributed by atoms with E-state index in [1.807, 2.05) is 121 Å². The number of furan rings is 1. The molecule has 0 saturated heterocycles. The number of hydrogen-bond donors (Lipinski definition) is 0. The second-order valence-electron chi connectivity index (χ2n) is 24.8. The fourth-order valence-electron chi connectivity index (χ4n) is 12.2. The average molecular weight is 1290 g/mol. The van der Waals surface area contributed by atoms with Gasteiger partial charge < -0.3 is 42.3 Å². The van der Waals surface area contributed by atoms with Gasteiger partial charge >= 0.3 is 0 Å². The van der Waals surface area contributed by atoms with Crippen molar-refractivity contribution < 1.29 is 42.3 Å². The van der Waals surface area contributed by atoms with Crippen LogP contribution in [0.15, 0.2) is 199 Å². The SMILES string of the molecule is C1#Cc2ccccc2OCCCCCCCCOc2cccc3c2oc2c(cccc23)OCCCCCCCCOc2ccccc2C#C1.c1cc2cc(c1)OCCCCCCOc1ccc(cc1)-c1ccc3ccc4ccc(nc4c3n1)-c1ccc(cc1)OCCCCCCO2. The van der Waals surface area contributed by atoms with Gasteiger partial charge in [0.1, 0.15) is 34.5 Å². The van der Waals surface area contributed by atoms with E-state index in [1.54, 1.807) is 0 Å². The average Bonchev–Trinajstić information content (AvgIpc) is 1.74. The zero-order valence-corrected chi connectivity index (χ0v) is 55.8. The van der Waals surface area contributed by atoms with E-state index in [4.69, 9.17) is 52.3 Å². The molecule has 4 aliphatic rings. The maximum atomic E-state index is 6.39. The van der Waals surface area contributed by atoms with Crippen molar-refractivity contribution in [2.75, 3.05) is 52.9 Å². The van der Waals surface area contributed by atoms with Gasteiger partial charge in [0.2, 0.25) is 0 Å². The van der Waals surface area contributed by atoms with E-state index >= 15 is 0 Å². The summed E-state index contributed by atoms with van der Waals surface area (Å²) >= 11 is 0. The third kappa shape index (κ3) is 19.5. The third-order valence-electron chi connectivity index (χ3n) is 17.6. The molecule has 8 aromatic carbocycles. The van der Waals surface area contributed by atoms with Crippen molar-refractivity contribution >= 4 is 43.7 Å². The Morgan fingerprint density at radius 3 is 0.979 bits per heavy atom. The lowest BCUT2D eigenvalue weighted by Crippen LogP contribution is -2.01. The van der Waals surface area contributed by atoms with E-state index in [-0.39, 0.29) is 0 Å². The normalized spacial score (nSPS) is 15.5. The first-order chi connectivity index (χ1) is 48.1. The molecule has 0 unspecified atom stereocenters. The van der Waals surface area contributed by atoms with Gasteiger partial charge in [-0.15, -0.1) is 0 Å².